The maximum absolute atomic E-state index is 6.62. The third-order valence-electron chi connectivity index (χ3n) is 4.83. The van der Waals surface area contributed by atoms with Crippen molar-refractivity contribution in [2.45, 2.75) is 0 Å². The van der Waals surface area contributed by atoms with Crippen LogP contribution in [0.1, 0.15) is 0 Å². The number of aromatic nitrogens is 1. The van der Waals surface area contributed by atoms with Gasteiger partial charge in [0.1, 0.15) is 0 Å². The number of pyridine rings is 1. The van der Waals surface area contributed by atoms with Gasteiger partial charge in [-0.1, -0.05) is 104 Å². The molecule has 0 radical (unpaired) electrons. The summed E-state index contributed by atoms with van der Waals surface area (Å²) in [6, 6.07) is 9.63. The first-order chi connectivity index (χ1) is 15.6. The van der Waals surface area contributed by atoms with Crippen LogP contribution >= 0.6 is 104 Å². The molecular weight excluding hydrogens is 609 g/mol. The van der Waals surface area contributed by atoms with E-state index in [0.717, 1.165) is 0 Å². The monoisotopic (exact) mass is 613 g/mol. The zero-order chi connectivity index (χ0) is 24.0. The molecule has 0 atom stereocenters. The van der Waals surface area contributed by atoms with E-state index in [1.807, 2.05) is 0 Å². The first-order valence-corrected chi connectivity index (χ1v) is 12.4. The molecule has 0 aliphatic rings. The molecule has 0 fully saturated rings. The largest absolute Gasteiger partial charge is 0.263 e. The molecule has 10 heteroatoms. The fraction of sp³-hybridized carbons (Fsp3) is 0. The summed E-state index contributed by atoms with van der Waals surface area (Å²) in [6.45, 7) is 0. The summed E-state index contributed by atoms with van der Waals surface area (Å²) >= 11 is 57.2. The molecule has 0 spiro atoms. The average molecular weight is 617 g/mol. The van der Waals surface area contributed by atoms with Crippen LogP contribution in [-0.2, 0) is 0 Å². The number of halogens is 9. The van der Waals surface area contributed by atoms with Crippen molar-refractivity contribution >= 4 is 104 Å². The van der Waals surface area contributed by atoms with Gasteiger partial charge in [0.05, 0.1) is 45.2 Å². The Morgan fingerprint density at radius 3 is 1.03 bits per heavy atom. The van der Waals surface area contributed by atoms with Crippen LogP contribution in [-0.4, -0.2) is 4.98 Å². The summed E-state index contributed by atoms with van der Waals surface area (Å²) in [5.74, 6) is 0. The van der Waals surface area contributed by atoms with Crippen LogP contribution in [0.4, 0.5) is 0 Å². The predicted molar refractivity (Wildman–Crippen MR) is 146 cm³/mol. The molecule has 0 saturated carbocycles. The van der Waals surface area contributed by atoms with Crippen LogP contribution in [0.25, 0.3) is 33.4 Å². The third kappa shape index (κ3) is 5.05. The molecule has 0 bridgehead atoms. The molecule has 0 unspecified atom stereocenters. The van der Waals surface area contributed by atoms with Gasteiger partial charge in [-0.3, -0.25) is 4.98 Å². The van der Waals surface area contributed by atoms with E-state index in [9.17, 15) is 0 Å². The van der Waals surface area contributed by atoms with E-state index in [-0.39, 0.29) is 0 Å². The van der Waals surface area contributed by atoms with Gasteiger partial charge in [-0.25, -0.2) is 0 Å². The van der Waals surface area contributed by atoms with Crippen molar-refractivity contribution in [3.8, 4) is 33.4 Å². The number of nitrogens with zero attached hydrogens (tertiary/aromatic N) is 1. The van der Waals surface area contributed by atoms with Crippen molar-refractivity contribution in [1.29, 1.82) is 0 Å². The molecule has 168 valence electrons. The van der Waals surface area contributed by atoms with Gasteiger partial charge in [-0.2, -0.15) is 0 Å². The Morgan fingerprint density at radius 1 is 0.333 bits per heavy atom. The molecule has 4 aromatic rings. The topological polar surface area (TPSA) is 12.9 Å². The normalized spacial score (nSPS) is 11.2. The van der Waals surface area contributed by atoms with E-state index >= 15 is 0 Å². The van der Waals surface area contributed by atoms with E-state index in [1.165, 1.54) is 0 Å². The highest BCUT2D eigenvalue weighted by Gasteiger charge is 2.22. The minimum Gasteiger partial charge on any atom is -0.263 e. The number of rotatable bonds is 3. The summed E-state index contributed by atoms with van der Waals surface area (Å²) in [7, 11) is 0. The van der Waals surface area contributed by atoms with E-state index in [1.54, 1.807) is 48.8 Å². The van der Waals surface area contributed by atoms with E-state index in [0.29, 0.717) is 78.6 Å². The standard InChI is InChI=1S/C23H8Cl9N/c24-14-4-20(30)17(27)1-9(14)12-7-33-8-13(10-2-18(28)21(31)5-15(10)25)23(12)11-3-19(29)22(32)6-16(11)26/h1-8H. The van der Waals surface area contributed by atoms with Gasteiger partial charge in [0, 0.05) is 45.8 Å². The molecule has 33 heavy (non-hydrogen) atoms. The highest BCUT2D eigenvalue weighted by Crippen LogP contribution is 2.48. The zero-order valence-corrected chi connectivity index (χ0v) is 22.8. The lowest BCUT2D eigenvalue weighted by Crippen LogP contribution is -1.95. The van der Waals surface area contributed by atoms with Crippen molar-refractivity contribution in [3.05, 3.63) is 94.0 Å². The second-order valence-electron chi connectivity index (χ2n) is 6.85. The fourth-order valence-corrected chi connectivity index (χ4v) is 5.27. The first kappa shape index (κ1) is 25.5. The second-order valence-corrected chi connectivity index (χ2v) is 10.5. The zero-order valence-electron chi connectivity index (χ0n) is 16.0. The Bertz CT molecular complexity index is 1340. The Kier molecular flexibility index (Phi) is 7.88. The van der Waals surface area contributed by atoms with Crippen LogP contribution in [0.15, 0.2) is 48.8 Å². The Balaban J connectivity index is 2.15. The molecule has 1 heterocycles. The lowest BCUT2D eigenvalue weighted by atomic mass is 9.89. The maximum Gasteiger partial charge on any atom is 0.0607 e. The Hall–Kier alpha value is -0.580. The highest BCUT2D eigenvalue weighted by molar-refractivity contribution is 6.46. The third-order valence-corrected chi connectivity index (χ3v) is 7.93. The maximum atomic E-state index is 6.62. The average Bonchev–Trinajstić information content (AvgIpc) is 2.75. The minimum absolute atomic E-state index is 0.308. The van der Waals surface area contributed by atoms with Crippen LogP contribution in [0, 0.1) is 0 Å². The summed E-state index contributed by atoms with van der Waals surface area (Å²) in [4.78, 5) is 4.41. The molecule has 0 N–H and O–H groups in total. The lowest BCUT2D eigenvalue weighted by Gasteiger charge is -2.19. The van der Waals surface area contributed by atoms with Gasteiger partial charge in [-0.15, -0.1) is 0 Å². The molecule has 0 amide bonds. The van der Waals surface area contributed by atoms with Crippen LogP contribution in [0.5, 0.6) is 0 Å². The molecular formula is C23H8Cl9N. The SMILES string of the molecule is Clc1cc(Cl)c(-c2cncc(-c3cc(Cl)c(Cl)cc3Cl)c2-c2cc(Cl)c(Cl)cc2Cl)cc1Cl. The molecule has 3 aromatic carbocycles. The van der Waals surface area contributed by atoms with Crippen LogP contribution in [0.2, 0.25) is 45.2 Å². The number of hydrogen-bond donors (Lipinski definition) is 0. The summed E-state index contributed by atoms with van der Waals surface area (Å²) < 4.78 is 0. The smallest absolute Gasteiger partial charge is 0.0607 e. The minimum atomic E-state index is 0.308. The van der Waals surface area contributed by atoms with Gasteiger partial charge in [0.25, 0.3) is 0 Å². The van der Waals surface area contributed by atoms with Crippen LogP contribution < -0.4 is 0 Å². The van der Waals surface area contributed by atoms with Crippen LogP contribution in [0.3, 0.4) is 0 Å². The van der Waals surface area contributed by atoms with Gasteiger partial charge in [-0.05, 0) is 36.4 Å². The predicted octanol–water partition coefficient (Wildman–Crippen LogP) is 12.0. The summed E-state index contributed by atoms with van der Waals surface area (Å²) in [5.41, 5.74) is 3.58. The van der Waals surface area contributed by atoms with E-state index in [4.69, 9.17) is 104 Å². The second kappa shape index (κ2) is 10.2. The molecule has 0 saturated heterocycles. The van der Waals surface area contributed by atoms with Crippen molar-refractivity contribution in [1.82, 2.24) is 4.98 Å². The molecule has 4 rings (SSSR count). The quantitative estimate of drug-likeness (QED) is 0.209. The lowest BCUT2D eigenvalue weighted by molar-refractivity contribution is 1.33. The van der Waals surface area contributed by atoms with Gasteiger partial charge >= 0.3 is 0 Å². The highest BCUT2D eigenvalue weighted by atomic mass is 35.5. The first-order valence-electron chi connectivity index (χ1n) is 9.01. The fourth-order valence-electron chi connectivity index (χ4n) is 3.33. The van der Waals surface area contributed by atoms with Crippen molar-refractivity contribution in [2.24, 2.45) is 0 Å². The summed E-state index contributed by atoms with van der Waals surface area (Å²) in [5, 5.41) is 2.97. The molecule has 1 nitrogen and oxygen atoms in total. The number of hydrogen-bond acceptors (Lipinski definition) is 1. The Morgan fingerprint density at radius 2 is 0.636 bits per heavy atom. The Labute approximate surface area is 235 Å². The molecule has 0 aliphatic heterocycles. The van der Waals surface area contributed by atoms with Crippen molar-refractivity contribution in [2.75, 3.05) is 0 Å². The molecule has 0 aliphatic carbocycles. The van der Waals surface area contributed by atoms with E-state index in [2.05, 4.69) is 4.98 Å². The van der Waals surface area contributed by atoms with E-state index < -0.39 is 0 Å². The number of benzene rings is 3. The van der Waals surface area contributed by atoms with Gasteiger partial charge in [0.15, 0.2) is 0 Å². The van der Waals surface area contributed by atoms with Crippen molar-refractivity contribution in [3.63, 3.8) is 0 Å². The van der Waals surface area contributed by atoms with Gasteiger partial charge < -0.3 is 0 Å². The molecule has 1 aromatic heterocycles. The van der Waals surface area contributed by atoms with Crippen molar-refractivity contribution < 1.29 is 0 Å². The van der Waals surface area contributed by atoms with Gasteiger partial charge in [0.2, 0.25) is 0 Å². The summed E-state index contributed by atoms with van der Waals surface area (Å²) in [6.07, 6.45) is 3.27.